The van der Waals surface area contributed by atoms with E-state index in [1.54, 1.807) is 0 Å². The van der Waals surface area contributed by atoms with E-state index in [2.05, 4.69) is 27.6 Å². The van der Waals surface area contributed by atoms with Gasteiger partial charge in [-0.15, -0.1) is 0 Å². The standard InChI is InChI=1S/C13H15N3OS/c1-2-4-10(5-3-1)8-12-15-13(17-16-12)11-9-18-7-6-14-11/h1-5,11,14H,6-9H2. The minimum Gasteiger partial charge on any atom is -0.338 e. The first-order chi connectivity index (χ1) is 8.92. The van der Waals surface area contributed by atoms with E-state index in [1.165, 1.54) is 5.56 Å². The van der Waals surface area contributed by atoms with Gasteiger partial charge in [-0.25, -0.2) is 0 Å². The maximum atomic E-state index is 5.34. The highest BCUT2D eigenvalue weighted by atomic mass is 32.2. The Balaban J connectivity index is 1.69. The number of nitrogens with one attached hydrogen (secondary N) is 1. The largest absolute Gasteiger partial charge is 0.338 e. The van der Waals surface area contributed by atoms with E-state index >= 15 is 0 Å². The fraction of sp³-hybridized carbons (Fsp3) is 0.385. The highest BCUT2D eigenvalue weighted by molar-refractivity contribution is 7.99. The second-order valence-electron chi connectivity index (χ2n) is 4.29. The molecule has 4 nitrogen and oxygen atoms in total. The zero-order valence-corrected chi connectivity index (χ0v) is 10.8. The molecular weight excluding hydrogens is 246 g/mol. The third-order valence-electron chi connectivity index (χ3n) is 2.91. The zero-order chi connectivity index (χ0) is 12.2. The van der Waals surface area contributed by atoms with Gasteiger partial charge in [-0.2, -0.15) is 16.7 Å². The van der Waals surface area contributed by atoms with Crippen LogP contribution in [0.2, 0.25) is 0 Å². The van der Waals surface area contributed by atoms with E-state index in [0.29, 0.717) is 5.89 Å². The Bertz CT molecular complexity index is 494. The maximum absolute atomic E-state index is 5.34. The molecule has 0 spiro atoms. The van der Waals surface area contributed by atoms with Crippen molar-refractivity contribution < 1.29 is 4.52 Å². The Morgan fingerprint density at radius 2 is 2.22 bits per heavy atom. The van der Waals surface area contributed by atoms with Gasteiger partial charge in [-0.3, -0.25) is 0 Å². The van der Waals surface area contributed by atoms with E-state index in [1.807, 2.05) is 30.0 Å². The minimum atomic E-state index is 0.209. The number of hydrogen-bond acceptors (Lipinski definition) is 5. The number of aromatic nitrogens is 2. The average molecular weight is 261 g/mol. The van der Waals surface area contributed by atoms with Crippen molar-refractivity contribution in [1.29, 1.82) is 0 Å². The van der Waals surface area contributed by atoms with Gasteiger partial charge < -0.3 is 9.84 Å². The third kappa shape index (κ3) is 2.73. The van der Waals surface area contributed by atoms with Crippen LogP contribution < -0.4 is 5.32 Å². The summed E-state index contributed by atoms with van der Waals surface area (Å²) in [6.07, 6.45) is 0.726. The molecule has 18 heavy (non-hydrogen) atoms. The maximum Gasteiger partial charge on any atom is 0.244 e. The van der Waals surface area contributed by atoms with Crippen LogP contribution in [0.25, 0.3) is 0 Å². The molecule has 1 atom stereocenters. The molecule has 0 saturated carbocycles. The van der Waals surface area contributed by atoms with Gasteiger partial charge in [0.05, 0.1) is 6.04 Å². The molecule has 0 bridgehead atoms. The van der Waals surface area contributed by atoms with Crippen LogP contribution in [0.3, 0.4) is 0 Å². The average Bonchev–Trinajstić information content (AvgIpc) is 2.89. The summed E-state index contributed by atoms with van der Waals surface area (Å²) >= 11 is 1.92. The first-order valence-corrected chi connectivity index (χ1v) is 7.25. The van der Waals surface area contributed by atoms with Gasteiger partial charge in [0.25, 0.3) is 0 Å². The highest BCUT2D eigenvalue weighted by Gasteiger charge is 2.21. The Morgan fingerprint density at radius 1 is 1.33 bits per heavy atom. The van der Waals surface area contributed by atoms with Gasteiger partial charge in [0.1, 0.15) is 0 Å². The lowest BCUT2D eigenvalue weighted by atomic mass is 10.1. The van der Waals surface area contributed by atoms with Gasteiger partial charge >= 0.3 is 0 Å². The lowest BCUT2D eigenvalue weighted by Crippen LogP contribution is -2.30. The quantitative estimate of drug-likeness (QED) is 0.916. The second kappa shape index (κ2) is 5.54. The van der Waals surface area contributed by atoms with Crippen molar-refractivity contribution in [2.45, 2.75) is 12.5 Å². The number of rotatable bonds is 3. The van der Waals surface area contributed by atoms with Crippen molar-refractivity contribution in [3.8, 4) is 0 Å². The second-order valence-corrected chi connectivity index (χ2v) is 5.44. The Labute approximate surface area is 110 Å². The summed E-state index contributed by atoms with van der Waals surface area (Å²) in [6.45, 7) is 1.01. The normalized spacial score (nSPS) is 19.9. The summed E-state index contributed by atoms with van der Waals surface area (Å²) in [7, 11) is 0. The van der Waals surface area contributed by atoms with Crippen LogP contribution in [-0.2, 0) is 6.42 Å². The van der Waals surface area contributed by atoms with E-state index in [4.69, 9.17) is 4.52 Å². The summed E-state index contributed by atoms with van der Waals surface area (Å²) in [5, 5.41) is 7.45. The molecule has 2 heterocycles. The molecule has 0 radical (unpaired) electrons. The highest BCUT2D eigenvalue weighted by Crippen LogP contribution is 2.20. The SMILES string of the molecule is c1ccc(Cc2noc(C3CSCCN3)n2)cc1. The van der Waals surface area contributed by atoms with Gasteiger partial charge in [0.2, 0.25) is 5.89 Å². The summed E-state index contributed by atoms with van der Waals surface area (Å²) < 4.78 is 5.34. The van der Waals surface area contributed by atoms with Crippen LogP contribution in [0.5, 0.6) is 0 Å². The van der Waals surface area contributed by atoms with Gasteiger partial charge in [-0.1, -0.05) is 35.5 Å². The number of nitrogens with zero attached hydrogens (tertiary/aromatic N) is 2. The topological polar surface area (TPSA) is 51.0 Å². The van der Waals surface area contributed by atoms with Gasteiger partial charge in [0.15, 0.2) is 5.82 Å². The van der Waals surface area contributed by atoms with Crippen LogP contribution in [0, 0.1) is 0 Å². The summed E-state index contributed by atoms with van der Waals surface area (Å²) in [6, 6.07) is 10.4. The van der Waals surface area contributed by atoms with Crippen molar-refractivity contribution in [2.24, 2.45) is 0 Å². The molecule has 1 fully saturated rings. The van der Waals surface area contributed by atoms with Crippen molar-refractivity contribution in [1.82, 2.24) is 15.5 Å². The first kappa shape index (κ1) is 11.7. The molecule has 1 N–H and O–H groups in total. The summed E-state index contributed by atoms with van der Waals surface area (Å²) in [5.41, 5.74) is 1.20. The van der Waals surface area contributed by atoms with Crippen LogP contribution >= 0.6 is 11.8 Å². The molecule has 0 aliphatic carbocycles. The van der Waals surface area contributed by atoms with Crippen LogP contribution in [0.15, 0.2) is 34.9 Å². The molecule has 1 aromatic heterocycles. The molecule has 1 unspecified atom stereocenters. The monoisotopic (exact) mass is 261 g/mol. The zero-order valence-electron chi connectivity index (χ0n) is 10.0. The van der Waals surface area contributed by atoms with E-state index in [-0.39, 0.29) is 6.04 Å². The van der Waals surface area contributed by atoms with E-state index < -0.39 is 0 Å². The fourth-order valence-electron chi connectivity index (χ4n) is 1.98. The lowest BCUT2D eigenvalue weighted by Gasteiger charge is -2.19. The Morgan fingerprint density at radius 3 is 3.00 bits per heavy atom. The van der Waals surface area contributed by atoms with E-state index in [9.17, 15) is 0 Å². The predicted molar refractivity (Wildman–Crippen MR) is 71.6 cm³/mol. The molecule has 1 saturated heterocycles. The van der Waals surface area contributed by atoms with Crippen molar-refractivity contribution in [2.75, 3.05) is 18.1 Å². The number of thioether (sulfide) groups is 1. The molecule has 5 heteroatoms. The summed E-state index contributed by atoms with van der Waals surface area (Å²) in [4.78, 5) is 4.48. The molecule has 1 aliphatic rings. The predicted octanol–water partition coefficient (Wildman–Crippen LogP) is 2.04. The molecule has 94 valence electrons. The molecular formula is C13H15N3OS. The van der Waals surface area contributed by atoms with Crippen molar-refractivity contribution in [3.63, 3.8) is 0 Å². The Hall–Kier alpha value is -1.33. The van der Waals surface area contributed by atoms with Gasteiger partial charge in [0, 0.05) is 24.5 Å². The van der Waals surface area contributed by atoms with Crippen LogP contribution in [0.4, 0.5) is 0 Å². The first-order valence-electron chi connectivity index (χ1n) is 6.09. The molecule has 1 aromatic carbocycles. The van der Waals surface area contributed by atoms with Gasteiger partial charge in [-0.05, 0) is 5.56 Å². The molecule has 2 aromatic rings. The number of hydrogen-bond donors (Lipinski definition) is 1. The molecule has 0 amide bonds. The molecule has 1 aliphatic heterocycles. The van der Waals surface area contributed by atoms with Crippen LogP contribution in [-0.4, -0.2) is 28.2 Å². The number of benzene rings is 1. The van der Waals surface area contributed by atoms with Crippen molar-refractivity contribution >= 4 is 11.8 Å². The fourth-order valence-corrected chi connectivity index (χ4v) is 2.91. The summed E-state index contributed by atoms with van der Waals surface area (Å²) in [5.74, 6) is 3.63. The lowest BCUT2D eigenvalue weighted by molar-refractivity contribution is 0.339. The smallest absolute Gasteiger partial charge is 0.244 e. The Kier molecular flexibility index (Phi) is 3.61. The minimum absolute atomic E-state index is 0.209. The van der Waals surface area contributed by atoms with E-state index in [0.717, 1.165) is 30.3 Å². The van der Waals surface area contributed by atoms with Crippen LogP contribution in [0.1, 0.15) is 23.3 Å². The van der Waals surface area contributed by atoms with Crippen molar-refractivity contribution in [3.05, 3.63) is 47.6 Å². The third-order valence-corrected chi connectivity index (χ3v) is 3.97. The molecule has 3 rings (SSSR count).